The number of carboxylic acids is 1. The van der Waals surface area contributed by atoms with Crippen molar-refractivity contribution in [2.24, 2.45) is 17.4 Å². The van der Waals surface area contributed by atoms with Crippen molar-refractivity contribution in [1.29, 1.82) is 0 Å². The fraction of sp³-hybridized carbons (Fsp3) is 0.765. The van der Waals surface area contributed by atoms with Gasteiger partial charge >= 0.3 is 5.97 Å². The molecule has 0 aliphatic rings. The number of rotatable bonds is 13. The summed E-state index contributed by atoms with van der Waals surface area (Å²) in [4.78, 5) is 47.9. The smallest absolute Gasteiger partial charge is 0.325 e. The van der Waals surface area contributed by atoms with Gasteiger partial charge in [-0.25, -0.2) is 0 Å². The van der Waals surface area contributed by atoms with E-state index >= 15 is 0 Å². The van der Waals surface area contributed by atoms with E-state index in [-0.39, 0.29) is 12.3 Å². The molecule has 0 heterocycles. The fourth-order valence-electron chi connectivity index (χ4n) is 2.28. The Morgan fingerprint density at radius 1 is 0.929 bits per heavy atom. The Labute approximate surface area is 164 Å². The number of carboxylic acid groups (broad SMARTS) is 1. The van der Waals surface area contributed by atoms with Crippen LogP contribution in [0.5, 0.6) is 0 Å². The van der Waals surface area contributed by atoms with Crippen LogP contribution in [0.3, 0.4) is 0 Å². The summed E-state index contributed by atoms with van der Waals surface area (Å²) in [5.74, 6) is -3.46. The summed E-state index contributed by atoms with van der Waals surface area (Å²) in [6, 6.07) is -4.25. The highest BCUT2D eigenvalue weighted by Gasteiger charge is 2.30. The molecule has 0 fully saturated rings. The number of amides is 3. The molecule has 0 radical (unpaired) electrons. The zero-order chi connectivity index (χ0) is 21.9. The highest BCUT2D eigenvalue weighted by molar-refractivity contribution is 5.94. The molecule has 162 valence electrons. The third-order valence-corrected chi connectivity index (χ3v) is 4.09. The molecule has 0 bridgehead atoms. The topological polar surface area (TPSA) is 197 Å². The maximum atomic E-state index is 12.6. The van der Waals surface area contributed by atoms with Gasteiger partial charge in [-0.15, -0.1) is 0 Å². The summed E-state index contributed by atoms with van der Waals surface area (Å²) in [5.41, 5.74) is 10.9. The average Bonchev–Trinajstić information content (AvgIpc) is 2.63. The number of nitrogens with one attached hydrogen (secondary N) is 3. The minimum atomic E-state index is -1.20. The Kier molecular flexibility index (Phi) is 12.0. The van der Waals surface area contributed by atoms with Gasteiger partial charge in [-0.05, 0) is 38.6 Å². The minimum absolute atomic E-state index is 0.260. The van der Waals surface area contributed by atoms with Crippen LogP contribution in [0.2, 0.25) is 0 Å². The lowest BCUT2D eigenvalue weighted by molar-refractivity contribution is -0.142. The van der Waals surface area contributed by atoms with E-state index in [1.54, 1.807) is 13.8 Å². The summed E-state index contributed by atoms with van der Waals surface area (Å²) >= 11 is 0. The van der Waals surface area contributed by atoms with Crippen molar-refractivity contribution in [3.63, 3.8) is 0 Å². The third kappa shape index (κ3) is 9.11. The Bertz CT molecular complexity index is 542. The zero-order valence-electron chi connectivity index (χ0n) is 16.6. The molecule has 11 heteroatoms. The molecule has 9 N–H and O–H groups in total. The number of unbranched alkanes of at least 4 members (excludes halogenated alkanes) is 1. The fourth-order valence-corrected chi connectivity index (χ4v) is 2.28. The van der Waals surface area contributed by atoms with E-state index < -0.39 is 54.5 Å². The summed E-state index contributed by atoms with van der Waals surface area (Å²) in [5, 5.41) is 25.3. The van der Waals surface area contributed by atoms with Gasteiger partial charge < -0.3 is 37.6 Å². The van der Waals surface area contributed by atoms with Gasteiger partial charge in [0.15, 0.2) is 0 Å². The predicted molar refractivity (Wildman–Crippen MR) is 102 cm³/mol. The quantitative estimate of drug-likeness (QED) is 0.166. The van der Waals surface area contributed by atoms with Gasteiger partial charge in [0.2, 0.25) is 17.7 Å². The molecule has 0 saturated heterocycles. The van der Waals surface area contributed by atoms with E-state index in [1.165, 1.54) is 6.92 Å². The van der Waals surface area contributed by atoms with Gasteiger partial charge in [0.1, 0.15) is 24.2 Å². The number of aliphatic hydroxyl groups is 1. The molecule has 3 amide bonds. The van der Waals surface area contributed by atoms with Crippen LogP contribution in [0.1, 0.15) is 40.0 Å². The van der Waals surface area contributed by atoms with E-state index in [1.807, 2.05) is 0 Å². The number of carbonyl (C=O) groups is 4. The summed E-state index contributed by atoms with van der Waals surface area (Å²) in [6.45, 7) is 4.55. The van der Waals surface area contributed by atoms with Crippen LogP contribution in [0.15, 0.2) is 0 Å². The first-order valence-corrected chi connectivity index (χ1v) is 9.25. The normalized spacial score (nSPS) is 15.2. The minimum Gasteiger partial charge on any atom is -0.480 e. The highest BCUT2D eigenvalue weighted by Crippen LogP contribution is 2.06. The molecule has 0 spiro atoms. The number of hydrogen-bond acceptors (Lipinski definition) is 7. The van der Waals surface area contributed by atoms with Crippen molar-refractivity contribution in [3.05, 3.63) is 0 Å². The Balaban J connectivity index is 5.21. The van der Waals surface area contributed by atoms with E-state index in [0.717, 1.165) is 0 Å². The standard InChI is InChI=1S/C17H33N5O6/c1-9(2)13(22-14(24)11(19)8-23)16(26)21-12(6-4-5-7-18)15(25)20-10(3)17(27)28/h9-13,23H,4-8,18-19H2,1-3H3,(H,20,25)(H,21,26)(H,22,24)(H,27,28). The van der Waals surface area contributed by atoms with E-state index in [4.69, 9.17) is 21.7 Å². The first-order valence-electron chi connectivity index (χ1n) is 9.25. The molecule has 0 aromatic heterocycles. The SMILES string of the molecule is CC(NC(=O)C(CCCCN)NC(=O)C(NC(=O)C(N)CO)C(C)C)C(=O)O. The third-order valence-electron chi connectivity index (χ3n) is 4.09. The van der Waals surface area contributed by atoms with Crippen molar-refractivity contribution in [1.82, 2.24) is 16.0 Å². The van der Waals surface area contributed by atoms with Gasteiger partial charge in [-0.2, -0.15) is 0 Å². The lowest BCUT2D eigenvalue weighted by Gasteiger charge is -2.26. The highest BCUT2D eigenvalue weighted by atomic mass is 16.4. The largest absolute Gasteiger partial charge is 0.480 e. The monoisotopic (exact) mass is 403 g/mol. The lowest BCUT2D eigenvalue weighted by atomic mass is 10.0. The van der Waals surface area contributed by atoms with Crippen LogP contribution in [0, 0.1) is 5.92 Å². The van der Waals surface area contributed by atoms with Crippen LogP contribution in [0.25, 0.3) is 0 Å². The molecule has 11 nitrogen and oxygen atoms in total. The van der Waals surface area contributed by atoms with Crippen molar-refractivity contribution in [3.8, 4) is 0 Å². The zero-order valence-corrected chi connectivity index (χ0v) is 16.6. The maximum absolute atomic E-state index is 12.6. The molecule has 0 aliphatic heterocycles. The van der Waals surface area contributed by atoms with E-state index in [0.29, 0.717) is 19.4 Å². The molecule has 0 rings (SSSR count). The van der Waals surface area contributed by atoms with Crippen molar-refractivity contribution in [2.75, 3.05) is 13.2 Å². The molecule has 0 saturated carbocycles. The number of nitrogens with two attached hydrogens (primary N) is 2. The van der Waals surface area contributed by atoms with Crippen molar-refractivity contribution in [2.45, 2.75) is 64.2 Å². The van der Waals surface area contributed by atoms with Gasteiger partial charge in [0.25, 0.3) is 0 Å². The summed E-state index contributed by atoms with van der Waals surface area (Å²) in [7, 11) is 0. The summed E-state index contributed by atoms with van der Waals surface area (Å²) in [6.07, 6.45) is 1.43. The van der Waals surface area contributed by atoms with Crippen molar-refractivity contribution >= 4 is 23.7 Å². The number of carbonyl (C=O) groups excluding carboxylic acids is 3. The Morgan fingerprint density at radius 2 is 1.54 bits per heavy atom. The summed E-state index contributed by atoms with van der Waals surface area (Å²) < 4.78 is 0. The second-order valence-corrected chi connectivity index (χ2v) is 6.93. The first-order chi connectivity index (χ1) is 13.0. The van der Waals surface area contributed by atoms with E-state index in [9.17, 15) is 19.2 Å². The lowest BCUT2D eigenvalue weighted by Crippen LogP contribution is -2.58. The number of aliphatic carboxylic acids is 1. The van der Waals surface area contributed by atoms with Crippen LogP contribution >= 0.6 is 0 Å². The molecule has 0 aromatic rings. The Morgan fingerprint density at radius 3 is 2.00 bits per heavy atom. The van der Waals surface area contributed by atoms with Crippen molar-refractivity contribution < 1.29 is 29.4 Å². The Hall–Kier alpha value is -2.24. The van der Waals surface area contributed by atoms with E-state index in [2.05, 4.69) is 16.0 Å². The predicted octanol–water partition coefficient (Wildman–Crippen LogP) is -2.35. The van der Waals surface area contributed by atoms with Crippen LogP contribution < -0.4 is 27.4 Å². The first kappa shape index (κ1) is 25.8. The second-order valence-electron chi connectivity index (χ2n) is 6.93. The molecule has 4 atom stereocenters. The van der Waals surface area contributed by atoms with Gasteiger partial charge in [-0.3, -0.25) is 19.2 Å². The van der Waals surface area contributed by atoms with Gasteiger partial charge in [0, 0.05) is 0 Å². The molecule has 4 unspecified atom stereocenters. The van der Waals surface area contributed by atoms with Crippen LogP contribution in [-0.2, 0) is 19.2 Å². The van der Waals surface area contributed by atoms with Crippen LogP contribution in [0.4, 0.5) is 0 Å². The maximum Gasteiger partial charge on any atom is 0.325 e. The second kappa shape index (κ2) is 13.0. The number of hydrogen-bond donors (Lipinski definition) is 7. The number of aliphatic hydroxyl groups excluding tert-OH is 1. The molecular formula is C17H33N5O6. The van der Waals surface area contributed by atoms with Gasteiger partial charge in [0.05, 0.1) is 6.61 Å². The molecule has 0 aromatic carbocycles. The van der Waals surface area contributed by atoms with Crippen LogP contribution in [-0.4, -0.2) is 71.2 Å². The molecule has 0 aliphatic carbocycles. The molecule has 28 heavy (non-hydrogen) atoms. The average molecular weight is 403 g/mol. The van der Waals surface area contributed by atoms with Gasteiger partial charge in [-0.1, -0.05) is 13.8 Å². The molecular weight excluding hydrogens is 370 g/mol.